The molecule has 256 valence electrons. The standard InChI is InChI=1S/C34H42O13/c1-21-17-23(3)33(25(5)27(21)19-35)44-13-11-41-29(37)7-8-30(38)43-15-16-46-47-32(40)10-9-31(39)42-12-14-45-34-24(4)18-22(2)28(20-36)26(34)6/h17-20H,7-16H2,1-6H3. The van der Waals surface area contributed by atoms with Gasteiger partial charge in [-0.1, -0.05) is 12.1 Å². The molecular formula is C34H42O13. The smallest absolute Gasteiger partial charge is 0.342 e. The summed E-state index contributed by atoms with van der Waals surface area (Å²) < 4.78 is 26.4. The minimum atomic E-state index is -0.819. The van der Waals surface area contributed by atoms with Crippen LogP contribution in [0.3, 0.4) is 0 Å². The van der Waals surface area contributed by atoms with Gasteiger partial charge in [0.25, 0.3) is 0 Å². The summed E-state index contributed by atoms with van der Waals surface area (Å²) in [7, 11) is 0. The fourth-order valence-corrected chi connectivity index (χ4v) is 4.73. The number of benzene rings is 2. The fourth-order valence-electron chi connectivity index (χ4n) is 4.73. The number of aryl methyl sites for hydroxylation is 4. The molecule has 0 bridgehead atoms. The summed E-state index contributed by atoms with van der Waals surface area (Å²) in [5, 5.41) is 0. The fraction of sp³-hybridized carbons (Fsp3) is 0.471. The van der Waals surface area contributed by atoms with Crippen molar-refractivity contribution in [3.63, 3.8) is 0 Å². The molecule has 2 aromatic carbocycles. The second-order valence-corrected chi connectivity index (χ2v) is 10.6. The van der Waals surface area contributed by atoms with Crippen molar-refractivity contribution in [2.45, 2.75) is 67.2 Å². The van der Waals surface area contributed by atoms with Crippen molar-refractivity contribution in [2.75, 3.05) is 39.6 Å². The van der Waals surface area contributed by atoms with Crippen molar-refractivity contribution in [2.24, 2.45) is 0 Å². The molecular weight excluding hydrogens is 616 g/mol. The van der Waals surface area contributed by atoms with E-state index in [9.17, 15) is 28.8 Å². The van der Waals surface area contributed by atoms with Crippen molar-refractivity contribution in [3.05, 3.63) is 56.6 Å². The van der Waals surface area contributed by atoms with Gasteiger partial charge in [-0.25, -0.2) is 4.79 Å². The number of ether oxygens (including phenoxy) is 5. The molecule has 0 fully saturated rings. The Hall–Kier alpha value is -4.78. The van der Waals surface area contributed by atoms with Gasteiger partial charge in [0.1, 0.15) is 51.1 Å². The maximum Gasteiger partial charge on any atom is 0.342 e. The van der Waals surface area contributed by atoms with Gasteiger partial charge in [-0.15, -0.1) is 0 Å². The van der Waals surface area contributed by atoms with E-state index in [0.29, 0.717) is 33.8 Å². The van der Waals surface area contributed by atoms with E-state index in [1.165, 1.54) is 0 Å². The molecule has 0 unspecified atom stereocenters. The first-order chi connectivity index (χ1) is 22.4. The number of rotatable bonds is 20. The Morgan fingerprint density at radius 3 is 1.26 bits per heavy atom. The molecule has 13 nitrogen and oxygen atoms in total. The van der Waals surface area contributed by atoms with Gasteiger partial charge in [0, 0.05) is 22.3 Å². The Morgan fingerprint density at radius 2 is 0.872 bits per heavy atom. The molecule has 13 heteroatoms. The highest BCUT2D eigenvalue weighted by Gasteiger charge is 2.15. The van der Waals surface area contributed by atoms with E-state index in [0.717, 1.165) is 34.8 Å². The van der Waals surface area contributed by atoms with Crippen LogP contribution in [-0.2, 0) is 43.2 Å². The van der Waals surface area contributed by atoms with Crippen LogP contribution < -0.4 is 9.47 Å². The van der Waals surface area contributed by atoms with Gasteiger partial charge in [-0.3, -0.25) is 28.9 Å². The molecule has 0 atom stereocenters. The summed E-state index contributed by atoms with van der Waals surface area (Å²) in [6.07, 6.45) is 0.574. The lowest BCUT2D eigenvalue weighted by Gasteiger charge is -2.15. The van der Waals surface area contributed by atoms with Crippen LogP contribution in [0.2, 0.25) is 0 Å². The molecule has 0 heterocycles. The number of aldehydes is 2. The molecule has 0 aliphatic carbocycles. The van der Waals surface area contributed by atoms with Crippen molar-refractivity contribution in [1.82, 2.24) is 0 Å². The van der Waals surface area contributed by atoms with Gasteiger partial charge in [-0.2, -0.15) is 4.89 Å². The Bertz CT molecular complexity index is 1340. The monoisotopic (exact) mass is 658 g/mol. The molecule has 47 heavy (non-hydrogen) atoms. The van der Waals surface area contributed by atoms with Crippen LogP contribution in [0, 0.1) is 41.5 Å². The Labute approximate surface area is 273 Å². The Kier molecular flexibility index (Phi) is 16.1. The number of carbonyl (C=O) groups excluding carboxylic acids is 6. The minimum Gasteiger partial charge on any atom is -0.489 e. The predicted molar refractivity (Wildman–Crippen MR) is 166 cm³/mol. The predicted octanol–water partition coefficient (Wildman–Crippen LogP) is 4.28. The van der Waals surface area contributed by atoms with Crippen LogP contribution in [-0.4, -0.2) is 76.1 Å². The third kappa shape index (κ3) is 12.5. The highest BCUT2D eigenvalue weighted by atomic mass is 17.2. The van der Waals surface area contributed by atoms with Crippen LogP contribution in [0.25, 0.3) is 0 Å². The SMILES string of the molecule is Cc1cc(C)c(OCCOC(=O)CCC(=O)OCCOOC(=O)CCC(=O)OCCOc2c(C)cc(C)c(C=O)c2C)c(C)c1C=O. The summed E-state index contributed by atoms with van der Waals surface area (Å²) in [5.74, 6) is -1.63. The van der Waals surface area contributed by atoms with E-state index in [1.807, 2.05) is 39.8 Å². The zero-order valence-electron chi connectivity index (χ0n) is 27.7. The zero-order chi connectivity index (χ0) is 34.9. The second kappa shape index (κ2) is 19.7. The minimum absolute atomic E-state index is 0.0417. The molecule has 0 saturated carbocycles. The van der Waals surface area contributed by atoms with Crippen molar-refractivity contribution in [1.29, 1.82) is 0 Å². The summed E-state index contributed by atoms with van der Waals surface area (Å²) in [6.45, 7) is 10.5. The van der Waals surface area contributed by atoms with E-state index in [1.54, 1.807) is 13.8 Å². The number of carbonyl (C=O) groups is 6. The lowest BCUT2D eigenvalue weighted by molar-refractivity contribution is -0.275. The third-order valence-electron chi connectivity index (χ3n) is 6.99. The van der Waals surface area contributed by atoms with Gasteiger partial charge in [0.05, 0.1) is 25.7 Å². The molecule has 0 aliphatic rings. The van der Waals surface area contributed by atoms with E-state index in [4.69, 9.17) is 28.6 Å². The molecule has 0 saturated heterocycles. The van der Waals surface area contributed by atoms with Crippen LogP contribution >= 0.6 is 0 Å². The van der Waals surface area contributed by atoms with E-state index >= 15 is 0 Å². The molecule has 0 aromatic heterocycles. The highest BCUT2D eigenvalue weighted by molar-refractivity contribution is 5.82. The third-order valence-corrected chi connectivity index (χ3v) is 6.99. The lowest BCUT2D eigenvalue weighted by Crippen LogP contribution is -2.17. The van der Waals surface area contributed by atoms with E-state index in [-0.39, 0.29) is 65.3 Å². The van der Waals surface area contributed by atoms with Gasteiger partial charge in [0.2, 0.25) is 0 Å². The normalized spacial score (nSPS) is 10.5. The van der Waals surface area contributed by atoms with Crippen molar-refractivity contribution in [3.8, 4) is 11.5 Å². The first-order valence-electron chi connectivity index (χ1n) is 15.1. The second-order valence-electron chi connectivity index (χ2n) is 10.6. The van der Waals surface area contributed by atoms with E-state index < -0.39 is 23.9 Å². The van der Waals surface area contributed by atoms with Crippen molar-refractivity contribution >= 4 is 36.4 Å². The summed E-state index contributed by atoms with van der Waals surface area (Å²) in [6, 6.07) is 3.69. The number of hydrogen-bond acceptors (Lipinski definition) is 13. The van der Waals surface area contributed by atoms with E-state index in [2.05, 4.69) is 4.89 Å². The first-order valence-corrected chi connectivity index (χ1v) is 15.1. The average molecular weight is 659 g/mol. The quantitative estimate of drug-likeness (QED) is 0.0494. The highest BCUT2D eigenvalue weighted by Crippen LogP contribution is 2.29. The Morgan fingerprint density at radius 1 is 0.511 bits per heavy atom. The molecule has 2 aromatic rings. The number of hydrogen-bond donors (Lipinski definition) is 0. The summed E-state index contributed by atoms with van der Waals surface area (Å²) in [5.41, 5.74) is 5.95. The van der Waals surface area contributed by atoms with Gasteiger partial charge >= 0.3 is 23.9 Å². The van der Waals surface area contributed by atoms with Crippen molar-refractivity contribution < 1.29 is 62.2 Å². The van der Waals surface area contributed by atoms with Gasteiger partial charge < -0.3 is 23.7 Å². The zero-order valence-corrected chi connectivity index (χ0v) is 27.7. The Balaban J connectivity index is 1.51. The van der Waals surface area contributed by atoms with Crippen LogP contribution in [0.1, 0.15) is 79.8 Å². The largest absolute Gasteiger partial charge is 0.489 e. The molecule has 0 spiro atoms. The maximum absolute atomic E-state index is 11.9. The topological polar surface area (TPSA) is 167 Å². The summed E-state index contributed by atoms with van der Waals surface area (Å²) >= 11 is 0. The molecule has 2 rings (SSSR count). The van der Waals surface area contributed by atoms with Gasteiger partial charge in [-0.05, 0) is 63.8 Å². The van der Waals surface area contributed by atoms with Crippen LogP contribution in [0.15, 0.2) is 12.1 Å². The summed E-state index contributed by atoms with van der Waals surface area (Å²) in [4.78, 5) is 79.3. The van der Waals surface area contributed by atoms with Crippen LogP contribution in [0.5, 0.6) is 11.5 Å². The van der Waals surface area contributed by atoms with Crippen LogP contribution in [0.4, 0.5) is 0 Å². The lowest BCUT2D eigenvalue weighted by atomic mass is 9.99. The molecule has 0 N–H and O–H groups in total. The number of esters is 3. The average Bonchev–Trinajstić information content (AvgIpc) is 3.01. The maximum atomic E-state index is 11.9. The molecule has 0 amide bonds. The molecule has 0 aliphatic heterocycles. The van der Waals surface area contributed by atoms with Gasteiger partial charge in [0.15, 0.2) is 12.6 Å². The molecule has 0 radical (unpaired) electrons. The first kappa shape index (κ1) is 38.4.